The molecule has 3 N–H and O–H groups in total. The normalized spacial score (nSPS) is 19.4. The van der Waals surface area contributed by atoms with E-state index in [-0.39, 0.29) is 4.90 Å². The predicted molar refractivity (Wildman–Crippen MR) is 82.5 cm³/mol. The molecule has 120 valence electrons. The number of nitrogens with zero attached hydrogens (tertiary/aromatic N) is 2. The number of nitrogens with two attached hydrogens (primary N) is 1. The van der Waals surface area contributed by atoms with Gasteiger partial charge in [-0.2, -0.15) is 5.10 Å². The van der Waals surface area contributed by atoms with E-state index in [1.807, 2.05) is 0 Å². The zero-order valence-corrected chi connectivity index (χ0v) is 14.0. The fraction of sp³-hybridized carbons (Fsp3) is 0.786. The van der Waals surface area contributed by atoms with E-state index in [2.05, 4.69) is 9.82 Å². The van der Waals surface area contributed by atoms with Crippen molar-refractivity contribution in [2.75, 3.05) is 6.54 Å². The SMILES string of the molecule is Cc1nn(C)c(C)c1S(=O)(=O)NCC1(N)CCCCCC1. The zero-order chi connectivity index (χ0) is 15.7. The van der Waals surface area contributed by atoms with Gasteiger partial charge in [0.25, 0.3) is 0 Å². The first kappa shape index (κ1) is 16.5. The summed E-state index contributed by atoms with van der Waals surface area (Å²) in [6, 6.07) is 0. The van der Waals surface area contributed by atoms with Crippen molar-refractivity contribution in [3.63, 3.8) is 0 Å². The predicted octanol–water partition coefficient (Wildman–Crippen LogP) is 1.37. The molecular formula is C14H26N4O2S. The summed E-state index contributed by atoms with van der Waals surface area (Å²) in [5.74, 6) is 0. The quantitative estimate of drug-likeness (QED) is 0.821. The van der Waals surface area contributed by atoms with E-state index in [0.717, 1.165) is 25.7 Å². The van der Waals surface area contributed by atoms with Gasteiger partial charge in [-0.3, -0.25) is 4.68 Å². The molecule has 0 spiro atoms. The van der Waals surface area contributed by atoms with Crippen molar-refractivity contribution in [2.45, 2.75) is 62.8 Å². The molecule has 0 unspecified atom stereocenters. The van der Waals surface area contributed by atoms with Crippen LogP contribution in [0.3, 0.4) is 0 Å². The Bertz CT molecular complexity index is 599. The standard InChI is InChI=1S/C14H26N4O2S/c1-11-13(12(2)18(3)17-11)21(19,20)16-10-14(15)8-6-4-5-7-9-14/h16H,4-10,15H2,1-3H3. The Kier molecular flexibility index (Phi) is 4.75. The van der Waals surface area contributed by atoms with Gasteiger partial charge in [0, 0.05) is 19.1 Å². The van der Waals surface area contributed by atoms with Crippen molar-refractivity contribution in [1.82, 2.24) is 14.5 Å². The Morgan fingerprint density at radius 3 is 2.29 bits per heavy atom. The Morgan fingerprint density at radius 1 is 1.24 bits per heavy atom. The number of nitrogens with one attached hydrogen (secondary N) is 1. The van der Waals surface area contributed by atoms with Crippen LogP contribution in [0, 0.1) is 13.8 Å². The minimum absolute atomic E-state index is 0.280. The van der Waals surface area contributed by atoms with Crippen LogP contribution >= 0.6 is 0 Å². The molecule has 0 radical (unpaired) electrons. The lowest BCUT2D eigenvalue weighted by molar-refractivity contribution is 0.369. The molecule has 1 fully saturated rings. The Balaban J connectivity index is 2.14. The van der Waals surface area contributed by atoms with Gasteiger partial charge in [0.2, 0.25) is 10.0 Å². The number of aromatic nitrogens is 2. The second-order valence-electron chi connectivity index (χ2n) is 6.22. The summed E-state index contributed by atoms with van der Waals surface area (Å²) in [6.07, 6.45) is 6.27. The van der Waals surface area contributed by atoms with E-state index < -0.39 is 15.6 Å². The molecule has 1 aliphatic rings. The maximum atomic E-state index is 12.5. The van der Waals surface area contributed by atoms with Gasteiger partial charge in [0.05, 0.1) is 11.4 Å². The van der Waals surface area contributed by atoms with Crippen LogP contribution in [0.15, 0.2) is 4.90 Å². The van der Waals surface area contributed by atoms with Crippen LogP contribution < -0.4 is 10.5 Å². The van der Waals surface area contributed by atoms with Crippen molar-refractivity contribution in [3.05, 3.63) is 11.4 Å². The molecule has 21 heavy (non-hydrogen) atoms. The number of sulfonamides is 1. The molecule has 0 bridgehead atoms. The second kappa shape index (κ2) is 6.06. The summed E-state index contributed by atoms with van der Waals surface area (Å²) in [5.41, 5.74) is 7.12. The summed E-state index contributed by atoms with van der Waals surface area (Å²) in [4.78, 5) is 0.280. The number of rotatable bonds is 4. The molecule has 1 aromatic heterocycles. The van der Waals surface area contributed by atoms with Gasteiger partial charge < -0.3 is 5.73 Å². The van der Waals surface area contributed by atoms with Gasteiger partial charge in [0.1, 0.15) is 4.90 Å². The average Bonchev–Trinajstić information content (AvgIpc) is 2.56. The number of hydrogen-bond acceptors (Lipinski definition) is 4. The first-order valence-corrected chi connectivity index (χ1v) is 9.02. The van der Waals surface area contributed by atoms with Gasteiger partial charge in [-0.1, -0.05) is 25.7 Å². The van der Waals surface area contributed by atoms with Crippen LogP contribution in [0.2, 0.25) is 0 Å². The van der Waals surface area contributed by atoms with Crippen LogP contribution in [-0.2, 0) is 17.1 Å². The zero-order valence-electron chi connectivity index (χ0n) is 13.1. The lowest BCUT2D eigenvalue weighted by Crippen LogP contribution is -2.49. The summed E-state index contributed by atoms with van der Waals surface area (Å²) >= 11 is 0. The molecule has 0 saturated heterocycles. The molecule has 0 aromatic carbocycles. The molecule has 0 amide bonds. The van der Waals surface area contributed by atoms with Gasteiger partial charge in [0.15, 0.2) is 0 Å². The largest absolute Gasteiger partial charge is 0.324 e. The molecule has 7 heteroatoms. The summed E-state index contributed by atoms with van der Waals surface area (Å²) in [5, 5.41) is 4.17. The Labute approximate surface area is 127 Å². The van der Waals surface area contributed by atoms with Crippen molar-refractivity contribution >= 4 is 10.0 Å². The monoisotopic (exact) mass is 314 g/mol. The average molecular weight is 314 g/mol. The minimum atomic E-state index is -3.56. The maximum Gasteiger partial charge on any atom is 0.244 e. The van der Waals surface area contributed by atoms with Crippen LogP contribution in [-0.4, -0.2) is 30.3 Å². The van der Waals surface area contributed by atoms with Crippen molar-refractivity contribution < 1.29 is 8.42 Å². The minimum Gasteiger partial charge on any atom is -0.324 e. The molecule has 2 rings (SSSR count). The van der Waals surface area contributed by atoms with Crippen molar-refractivity contribution in [1.29, 1.82) is 0 Å². The first-order chi connectivity index (χ1) is 9.75. The lowest BCUT2D eigenvalue weighted by Gasteiger charge is -2.28. The topological polar surface area (TPSA) is 90.0 Å². The number of aryl methyl sites for hydroxylation is 2. The van der Waals surface area contributed by atoms with Crippen molar-refractivity contribution in [2.24, 2.45) is 12.8 Å². The second-order valence-corrected chi connectivity index (χ2v) is 7.93. The van der Waals surface area contributed by atoms with Gasteiger partial charge >= 0.3 is 0 Å². The highest BCUT2D eigenvalue weighted by Gasteiger charge is 2.30. The van der Waals surface area contributed by atoms with Gasteiger partial charge in [-0.25, -0.2) is 13.1 Å². The summed E-state index contributed by atoms with van der Waals surface area (Å²) in [6.45, 7) is 3.77. The fourth-order valence-corrected chi connectivity index (χ4v) is 4.64. The van der Waals surface area contributed by atoms with E-state index >= 15 is 0 Å². The first-order valence-electron chi connectivity index (χ1n) is 7.54. The van der Waals surface area contributed by atoms with E-state index in [9.17, 15) is 8.42 Å². The third kappa shape index (κ3) is 3.64. The van der Waals surface area contributed by atoms with Crippen molar-refractivity contribution in [3.8, 4) is 0 Å². The van der Waals surface area contributed by atoms with E-state index in [1.165, 1.54) is 12.8 Å². The van der Waals surface area contributed by atoms with Gasteiger partial charge in [-0.05, 0) is 26.7 Å². The van der Waals surface area contributed by atoms with Gasteiger partial charge in [-0.15, -0.1) is 0 Å². The van der Waals surface area contributed by atoms with Crippen LogP contribution in [0.5, 0.6) is 0 Å². The molecule has 1 heterocycles. The maximum absolute atomic E-state index is 12.5. The van der Waals surface area contributed by atoms with E-state index in [0.29, 0.717) is 17.9 Å². The highest BCUT2D eigenvalue weighted by molar-refractivity contribution is 7.89. The smallest absolute Gasteiger partial charge is 0.244 e. The number of hydrogen-bond donors (Lipinski definition) is 2. The Morgan fingerprint density at radius 2 is 1.81 bits per heavy atom. The van der Waals surface area contributed by atoms with E-state index in [4.69, 9.17) is 5.73 Å². The molecule has 1 saturated carbocycles. The van der Waals surface area contributed by atoms with Crippen LogP contribution in [0.25, 0.3) is 0 Å². The van der Waals surface area contributed by atoms with Crippen LogP contribution in [0.1, 0.15) is 49.9 Å². The lowest BCUT2D eigenvalue weighted by atomic mass is 9.92. The fourth-order valence-electron chi connectivity index (χ4n) is 3.06. The highest BCUT2D eigenvalue weighted by Crippen LogP contribution is 2.25. The van der Waals surface area contributed by atoms with E-state index in [1.54, 1.807) is 25.6 Å². The molecule has 6 nitrogen and oxygen atoms in total. The third-order valence-corrected chi connectivity index (χ3v) is 6.08. The third-order valence-electron chi connectivity index (χ3n) is 4.42. The molecular weight excluding hydrogens is 288 g/mol. The molecule has 1 aromatic rings. The summed E-state index contributed by atoms with van der Waals surface area (Å²) in [7, 11) is -1.82. The molecule has 0 atom stereocenters. The summed E-state index contributed by atoms with van der Waals surface area (Å²) < 4.78 is 29.4. The Hall–Kier alpha value is -0.920. The van der Waals surface area contributed by atoms with Crippen LogP contribution in [0.4, 0.5) is 0 Å². The molecule has 1 aliphatic carbocycles. The molecule has 0 aliphatic heterocycles. The highest BCUT2D eigenvalue weighted by atomic mass is 32.2.